The Labute approximate surface area is 211 Å². The molecule has 2 amide bonds. The summed E-state index contributed by atoms with van der Waals surface area (Å²) in [5, 5.41) is 9.17. The zero-order chi connectivity index (χ0) is 26.7. The van der Waals surface area contributed by atoms with Crippen molar-refractivity contribution in [3.63, 3.8) is 0 Å². The standard InChI is InChI=1S/C27H28F4N4O2/c1-15(2)25(36)33-18-6-3-5-16(11-18)26(37)34-20-8-4-7-19(13-20)32-23-14-24(27(29,30)31)35-22-10-9-17(28)12-21(22)23/h3,5-6,9-12,14-15,19-20H,4,7-8,13H2,1-2H3,(H,32,35)(H,33,36)(H,34,37). The number of nitrogens with zero attached hydrogens (tertiary/aromatic N) is 1. The van der Waals surface area contributed by atoms with Gasteiger partial charge in [0.1, 0.15) is 11.5 Å². The van der Waals surface area contributed by atoms with Crippen molar-refractivity contribution in [2.24, 2.45) is 5.92 Å². The van der Waals surface area contributed by atoms with Crippen molar-refractivity contribution in [2.75, 3.05) is 10.6 Å². The van der Waals surface area contributed by atoms with Crippen LogP contribution in [-0.2, 0) is 11.0 Å². The molecule has 1 aliphatic carbocycles. The van der Waals surface area contributed by atoms with Gasteiger partial charge >= 0.3 is 6.18 Å². The number of pyridine rings is 1. The summed E-state index contributed by atoms with van der Waals surface area (Å²) < 4.78 is 54.2. The van der Waals surface area contributed by atoms with Gasteiger partial charge in [-0.1, -0.05) is 19.9 Å². The predicted molar refractivity (Wildman–Crippen MR) is 134 cm³/mol. The van der Waals surface area contributed by atoms with Crippen LogP contribution < -0.4 is 16.0 Å². The summed E-state index contributed by atoms with van der Waals surface area (Å²) in [4.78, 5) is 28.5. The molecule has 1 saturated carbocycles. The second-order valence-electron chi connectivity index (χ2n) is 9.62. The Bertz CT molecular complexity index is 1310. The van der Waals surface area contributed by atoms with E-state index in [0.29, 0.717) is 30.5 Å². The maximum atomic E-state index is 13.9. The van der Waals surface area contributed by atoms with Gasteiger partial charge in [-0.25, -0.2) is 9.37 Å². The van der Waals surface area contributed by atoms with Crippen LogP contribution in [0, 0.1) is 11.7 Å². The fourth-order valence-corrected chi connectivity index (χ4v) is 4.43. The molecule has 1 aliphatic rings. The van der Waals surface area contributed by atoms with E-state index < -0.39 is 17.7 Å². The zero-order valence-electron chi connectivity index (χ0n) is 20.5. The number of amides is 2. The molecule has 0 radical (unpaired) electrons. The van der Waals surface area contributed by atoms with Crippen LogP contribution in [0.15, 0.2) is 48.5 Å². The third kappa shape index (κ3) is 6.55. The molecular formula is C27H28F4N4O2. The van der Waals surface area contributed by atoms with Crippen LogP contribution in [0.3, 0.4) is 0 Å². The predicted octanol–water partition coefficient (Wildman–Crippen LogP) is 6.14. The number of aromatic nitrogens is 1. The number of rotatable bonds is 6. The Hall–Kier alpha value is -3.69. The van der Waals surface area contributed by atoms with E-state index in [2.05, 4.69) is 20.9 Å². The van der Waals surface area contributed by atoms with E-state index in [-0.39, 0.29) is 46.4 Å². The Balaban J connectivity index is 1.47. The van der Waals surface area contributed by atoms with E-state index >= 15 is 0 Å². The van der Waals surface area contributed by atoms with E-state index in [1.54, 1.807) is 38.1 Å². The van der Waals surface area contributed by atoms with Gasteiger partial charge in [0.2, 0.25) is 5.91 Å². The van der Waals surface area contributed by atoms with Gasteiger partial charge in [-0.15, -0.1) is 0 Å². The summed E-state index contributed by atoms with van der Waals surface area (Å²) in [6.07, 6.45) is -2.02. The molecule has 2 aromatic carbocycles. The SMILES string of the molecule is CC(C)C(=O)Nc1cccc(C(=O)NC2CCCC(Nc3cc(C(F)(F)F)nc4ccc(F)cc34)C2)c1. The van der Waals surface area contributed by atoms with Gasteiger partial charge in [0, 0.05) is 40.3 Å². The summed E-state index contributed by atoms with van der Waals surface area (Å²) >= 11 is 0. The van der Waals surface area contributed by atoms with E-state index in [4.69, 9.17) is 0 Å². The third-order valence-corrected chi connectivity index (χ3v) is 6.35. The number of benzene rings is 2. The first-order chi connectivity index (χ1) is 17.5. The maximum Gasteiger partial charge on any atom is 0.433 e. The third-order valence-electron chi connectivity index (χ3n) is 6.35. The minimum atomic E-state index is -4.65. The fraction of sp³-hybridized carbons (Fsp3) is 0.370. The lowest BCUT2D eigenvalue weighted by Gasteiger charge is -2.31. The second-order valence-corrected chi connectivity index (χ2v) is 9.62. The molecule has 3 aromatic rings. The first-order valence-corrected chi connectivity index (χ1v) is 12.2. The number of fused-ring (bicyclic) bond motifs is 1. The molecule has 6 nitrogen and oxygen atoms in total. The number of hydrogen-bond donors (Lipinski definition) is 3. The Kier molecular flexibility index (Phi) is 7.65. The number of alkyl halides is 3. The molecule has 0 saturated heterocycles. The van der Waals surface area contributed by atoms with E-state index in [1.807, 2.05) is 0 Å². The summed E-state index contributed by atoms with van der Waals surface area (Å²) in [7, 11) is 0. The maximum absolute atomic E-state index is 13.9. The van der Waals surface area contributed by atoms with E-state index in [9.17, 15) is 27.2 Å². The van der Waals surface area contributed by atoms with Crippen LogP contribution in [0.4, 0.5) is 28.9 Å². The van der Waals surface area contributed by atoms with Gasteiger partial charge in [-0.05, 0) is 68.1 Å². The smallest absolute Gasteiger partial charge is 0.382 e. The molecule has 196 valence electrons. The molecule has 10 heteroatoms. The van der Waals surface area contributed by atoms with Gasteiger partial charge in [0.05, 0.1) is 5.52 Å². The minimum Gasteiger partial charge on any atom is -0.382 e. The highest BCUT2D eigenvalue weighted by atomic mass is 19.4. The Morgan fingerprint density at radius 3 is 2.51 bits per heavy atom. The molecule has 0 spiro atoms. The monoisotopic (exact) mass is 516 g/mol. The molecule has 3 N–H and O–H groups in total. The van der Waals surface area contributed by atoms with Crippen LogP contribution >= 0.6 is 0 Å². The van der Waals surface area contributed by atoms with Crippen LogP contribution in [0.2, 0.25) is 0 Å². The van der Waals surface area contributed by atoms with E-state index in [0.717, 1.165) is 24.6 Å². The first kappa shape index (κ1) is 26.4. The lowest BCUT2D eigenvalue weighted by Crippen LogP contribution is -2.41. The number of halogens is 4. The topological polar surface area (TPSA) is 83.1 Å². The van der Waals surface area contributed by atoms with Crippen molar-refractivity contribution in [1.29, 1.82) is 0 Å². The summed E-state index contributed by atoms with van der Waals surface area (Å²) in [5.74, 6) is -1.24. The molecule has 2 atom stereocenters. The van der Waals surface area contributed by atoms with Gasteiger partial charge < -0.3 is 16.0 Å². The summed E-state index contributed by atoms with van der Waals surface area (Å²) in [6, 6.07) is 10.6. The van der Waals surface area contributed by atoms with Crippen LogP contribution in [-0.4, -0.2) is 28.9 Å². The molecule has 1 aromatic heterocycles. The normalized spacial score (nSPS) is 18.0. The highest BCUT2D eigenvalue weighted by molar-refractivity contribution is 5.97. The quantitative estimate of drug-likeness (QED) is 0.344. The number of anilines is 2. The molecule has 0 bridgehead atoms. The Morgan fingerprint density at radius 2 is 1.78 bits per heavy atom. The number of carbonyl (C=O) groups excluding carboxylic acids is 2. The van der Waals surface area contributed by atoms with Crippen molar-refractivity contribution in [2.45, 2.75) is 57.8 Å². The van der Waals surface area contributed by atoms with Crippen LogP contribution in [0.5, 0.6) is 0 Å². The molecule has 1 fully saturated rings. The number of nitrogens with one attached hydrogen (secondary N) is 3. The zero-order valence-corrected chi connectivity index (χ0v) is 20.5. The van der Waals surface area contributed by atoms with Crippen molar-refractivity contribution in [3.05, 3.63) is 65.6 Å². The highest BCUT2D eigenvalue weighted by Crippen LogP contribution is 2.34. The van der Waals surface area contributed by atoms with Crippen molar-refractivity contribution in [3.8, 4) is 0 Å². The van der Waals surface area contributed by atoms with Gasteiger partial charge in [0.15, 0.2) is 0 Å². The van der Waals surface area contributed by atoms with Crippen LogP contribution in [0.1, 0.15) is 55.6 Å². The largest absolute Gasteiger partial charge is 0.433 e. The summed E-state index contributed by atoms with van der Waals surface area (Å²) in [6.45, 7) is 3.54. The Morgan fingerprint density at radius 1 is 1.03 bits per heavy atom. The second kappa shape index (κ2) is 10.7. The van der Waals surface area contributed by atoms with Gasteiger partial charge in [-0.2, -0.15) is 13.2 Å². The average molecular weight is 517 g/mol. The average Bonchev–Trinajstić information content (AvgIpc) is 2.84. The van der Waals surface area contributed by atoms with E-state index in [1.165, 1.54) is 6.07 Å². The van der Waals surface area contributed by atoms with Crippen molar-refractivity contribution >= 4 is 34.1 Å². The molecule has 0 aliphatic heterocycles. The number of carbonyl (C=O) groups is 2. The first-order valence-electron chi connectivity index (χ1n) is 12.2. The van der Waals surface area contributed by atoms with Crippen LogP contribution in [0.25, 0.3) is 10.9 Å². The molecular weight excluding hydrogens is 488 g/mol. The molecule has 4 rings (SSSR count). The van der Waals surface area contributed by atoms with Crippen molar-refractivity contribution in [1.82, 2.24) is 10.3 Å². The lowest BCUT2D eigenvalue weighted by atomic mass is 9.90. The fourth-order valence-electron chi connectivity index (χ4n) is 4.43. The van der Waals surface area contributed by atoms with Gasteiger partial charge in [-0.3, -0.25) is 9.59 Å². The van der Waals surface area contributed by atoms with Gasteiger partial charge in [0.25, 0.3) is 5.91 Å². The summed E-state index contributed by atoms with van der Waals surface area (Å²) in [5.41, 5.74) is 0.0549. The minimum absolute atomic E-state index is 0.0452. The molecule has 37 heavy (non-hydrogen) atoms. The highest BCUT2D eigenvalue weighted by Gasteiger charge is 2.34. The molecule has 1 heterocycles. The number of hydrogen-bond acceptors (Lipinski definition) is 4. The molecule has 2 unspecified atom stereocenters. The van der Waals surface area contributed by atoms with Crippen molar-refractivity contribution < 1.29 is 27.2 Å². The lowest BCUT2D eigenvalue weighted by molar-refractivity contribution is -0.140.